The Labute approximate surface area is 110 Å². The van der Waals surface area contributed by atoms with E-state index in [9.17, 15) is 26.3 Å². The third-order valence-corrected chi connectivity index (χ3v) is 3.17. The van der Waals surface area contributed by atoms with E-state index in [0.29, 0.717) is 5.52 Å². The maximum absolute atomic E-state index is 12.7. The van der Waals surface area contributed by atoms with Gasteiger partial charge in [0.25, 0.3) is 5.82 Å². The van der Waals surface area contributed by atoms with E-state index in [2.05, 4.69) is 0 Å². The molecule has 0 saturated carbocycles. The number of benzene rings is 1. The van der Waals surface area contributed by atoms with E-state index in [1.54, 1.807) is 0 Å². The van der Waals surface area contributed by atoms with Crippen molar-refractivity contribution in [2.24, 2.45) is 7.05 Å². The molecule has 1 heterocycles. The summed E-state index contributed by atoms with van der Waals surface area (Å²) in [5.41, 5.74) is -0.733. The topological polar surface area (TPSA) is 8.81 Å². The smallest absolute Gasteiger partial charge is 0.230 e. The largest absolute Gasteiger partial charge is 0.426 e. The summed E-state index contributed by atoms with van der Waals surface area (Å²) in [6, 6.07) is 2.78. The summed E-state index contributed by atoms with van der Waals surface area (Å²) < 4.78 is 77.9. The van der Waals surface area contributed by atoms with Crippen molar-refractivity contribution in [3.63, 3.8) is 0 Å². The molecule has 0 fully saturated rings. The fourth-order valence-electron chi connectivity index (χ4n) is 2.11. The maximum Gasteiger partial charge on any atom is 0.426 e. The van der Waals surface area contributed by atoms with Crippen molar-refractivity contribution in [2.75, 3.05) is 0 Å². The van der Waals surface area contributed by atoms with Crippen molar-refractivity contribution in [2.45, 2.75) is 25.8 Å². The lowest BCUT2D eigenvalue weighted by Crippen LogP contribution is -2.32. The molecule has 0 N–H and O–H groups in total. The Hall–Kier alpha value is -1.73. The number of aromatic nitrogens is 2. The van der Waals surface area contributed by atoms with Crippen molar-refractivity contribution in [3.05, 3.63) is 29.6 Å². The first-order chi connectivity index (χ1) is 9.00. The van der Waals surface area contributed by atoms with Gasteiger partial charge >= 0.3 is 12.4 Å². The Balaban J connectivity index is 2.69. The average Bonchev–Trinajstić information content (AvgIpc) is 2.51. The molecular formula is C12H11F6N2+. The van der Waals surface area contributed by atoms with E-state index < -0.39 is 24.5 Å². The Morgan fingerprint density at radius 2 is 1.70 bits per heavy atom. The molecule has 0 radical (unpaired) electrons. The van der Waals surface area contributed by atoms with E-state index in [1.165, 1.54) is 24.6 Å². The first kappa shape index (κ1) is 14.7. The van der Waals surface area contributed by atoms with Gasteiger partial charge in [-0.05, 0) is 12.1 Å². The maximum atomic E-state index is 12.7. The number of hydrogen-bond donors (Lipinski definition) is 0. The molecule has 0 amide bonds. The molecule has 20 heavy (non-hydrogen) atoms. The lowest BCUT2D eigenvalue weighted by molar-refractivity contribution is -0.652. The summed E-state index contributed by atoms with van der Waals surface area (Å²) in [5, 5.41) is 0. The van der Waals surface area contributed by atoms with Gasteiger partial charge in [-0.3, -0.25) is 0 Å². The Morgan fingerprint density at radius 3 is 2.20 bits per heavy atom. The molecule has 0 spiro atoms. The fourth-order valence-corrected chi connectivity index (χ4v) is 2.11. The number of fused-ring (bicyclic) bond motifs is 1. The molecule has 2 nitrogen and oxygen atoms in total. The van der Waals surface area contributed by atoms with E-state index >= 15 is 0 Å². The highest BCUT2D eigenvalue weighted by molar-refractivity contribution is 5.73. The van der Waals surface area contributed by atoms with Crippen LogP contribution < -0.4 is 4.57 Å². The van der Waals surface area contributed by atoms with Crippen LogP contribution in [0.3, 0.4) is 0 Å². The van der Waals surface area contributed by atoms with Gasteiger partial charge in [0.2, 0.25) is 0 Å². The van der Waals surface area contributed by atoms with Crippen LogP contribution in [0.4, 0.5) is 26.3 Å². The Bertz CT molecular complexity index is 650. The lowest BCUT2D eigenvalue weighted by atomic mass is 10.2. The Morgan fingerprint density at radius 1 is 1.10 bits per heavy atom. The summed E-state index contributed by atoms with van der Waals surface area (Å²) in [6.45, 7) is 0.108. The lowest BCUT2D eigenvalue weighted by Gasteiger charge is -2.07. The molecular weight excluding hydrogens is 286 g/mol. The number of aryl methyl sites for hydroxylation is 1. The molecule has 0 aliphatic carbocycles. The van der Waals surface area contributed by atoms with Crippen LogP contribution in [0.2, 0.25) is 0 Å². The monoisotopic (exact) mass is 297 g/mol. The summed E-state index contributed by atoms with van der Waals surface area (Å²) in [7, 11) is 1.51. The number of rotatable bonds is 1. The van der Waals surface area contributed by atoms with Crippen LogP contribution in [0.15, 0.2) is 18.2 Å². The van der Waals surface area contributed by atoms with Crippen molar-refractivity contribution in [3.8, 4) is 0 Å². The summed E-state index contributed by atoms with van der Waals surface area (Å²) in [5.74, 6) is 0.233. The molecule has 110 valence electrons. The third kappa shape index (κ3) is 2.59. The molecule has 0 bridgehead atoms. The molecule has 2 aromatic rings. The minimum absolute atomic E-state index is 0.0860. The highest BCUT2D eigenvalue weighted by Crippen LogP contribution is 2.32. The third-order valence-electron chi connectivity index (χ3n) is 3.17. The zero-order chi connectivity index (χ0) is 15.3. The fraction of sp³-hybridized carbons (Fsp3) is 0.417. The van der Waals surface area contributed by atoms with E-state index in [-0.39, 0.29) is 11.3 Å². The van der Waals surface area contributed by atoms with E-state index in [4.69, 9.17) is 0 Å². The normalized spacial score (nSPS) is 13.2. The quantitative estimate of drug-likeness (QED) is 0.564. The van der Waals surface area contributed by atoms with Crippen LogP contribution in [0.1, 0.15) is 11.4 Å². The zero-order valence-electron chi connectivity index (χ0n) is 10.6. The molecule has 0 saturated heterocycles. The molecule has 1 aromatic heterocycles. The number of halogens is 6. The predicted octanol–water partition coefficient (Wildman–Crippen LogP) is 3.36. The van der Waals surface area contributed by atoms with Crippen LogP contribution in [0.5, 0.6) is 0 Å². The number of imidazole rings is 1. The van der Waals surface area contributed by atoms with Gasteiger partial charge in [-0.2, -0.15) is 26.3 Å². The Kier molecular flexibility index (Phi) is 3.22. The van der Waals surface area contributed by atoms with Crippen LogP contribution in [-0.4, -0.2) is 10.7 Å². The van der Waals surface area contributed by atoms with Gasteiger partial charge in [0, 0.05) is 13.0 Å². The van der Waals surface area contributed by atoms with Crippen molar-refractivity contribution < 1.29 is 30.9 Å². The SMILES string of the molecule is Cc1n(CC(F)(F)F)c2cc(C(F)(F)F)ccc2[n+]1C. The molecule has 0 aliphatic heterocycles. The van der Waals surface area contributed by atoms with Crippen molar-refractivity contribution in [1.82, 2.24) is 4.57 Å². The molecule has 0 aliphatic rings. The summed E-state index contributed by atoms with van der Waals surface area (Å²) in [6.07, 6.45) is -9.09. The van der Waals surface area contributed by atoms with Gasteiger partial charge in [0.05, 0.1) is 12.6 Å². The second kappa shape index (κ2) is 4.39. The number of alkyl halides is 6. The first-order valence-corrected chi connectivity index (χ1v) is 5.63. The van der Waals surface area contributed by atoms with Gasteiger partial charge in [-0.15, -0.1) is 0 Å². The second-order valence-electron chi connectivity index (χ2n) is 4.51. The minimum Gasteiger partial charge on any atom is -0.230 e. The number of nitrogens with zero attached hydrogens (tertiary/aromatic N) is 2. The minimum atomic E-state index is -4.59. The summed E-state index contributed by atoms with van der Waals surface area (Å²) in [4.78, 5) is 0. The first-order valence-electron chi connectivity index (χ1n) is 5.63. The van der Waals surface area contributed by atoms with Crippen LogP contribution in [0.25, 0.3) is 11.0 Å². The highest BCUT2D eigenvalue weighted by atomic mass is 19.4. The van der Waals surface area contributed by atoms with E-state index in [1.807, 2.05) is 0 Å². The zero-order valence-corrected chi connectivity index (χ0v) is 10.6. The average molecular weight is 297 g/mol. The van der Waals surface area contributed by atoms with Crippen LogP contribution >= 0.6 is 0 Å². The highest BCUT2D eigenvalue weighted by Gasteiger charge is 2.36. The van der Waals surface area contributed by atoms with Gasteiger partial charge in [-0.25, -0.2) is 9.13 Å². The molecule has 2 rings (SSSR count). The van der Waals surface area contributed by atoms with Gasteiger partial charge < -0.3 is 0 Å². The van der Waals surface area contributed by atoms with Gasteiger partial charge in [0.15, 0.2) is 17.6 Å². The van der Waals surface area contributed by atoms with E-state index in [0.717, 1.165) is 16.7 Å². The molecule has 0 atom stereocenters. The molecule has 1 aromatic carbocycles. The van der Waals surface area contributed by atoms with Crippen molar-refractivity contribution >= 4 is 11.0 Å². The van der Waals surface area contributed by atoms with Crippen molar-refractivity contribution in [1.29, 1.82) is 0 Å². The molecule has 0 unspecified atom stereocenters. The number of hydrogen-bond acceptors (Lipinski definition) is 0. The van der Waals surface area contributed by atoms with Crippen LogP contribution in [0, 0.1) is 6.92 Å². The predicted molar refractivity (Wildman–Crippen MR) is 58.9 cm³/mol. The van der Waals surface area contributed by atoms with Crippen LogP contribution in [-0.2, 0) is 19.8 Å². The molecule has 8 heteroatoms. The summed E-state index contributed by atoms with van der Waals surface area (Å²) >= 11 is 0. The van der Waals surface area contributed by atoms with Gasteiger partial charge in [-0.1, -0.05) is 0 Å². The standard InChI is InChI=1S/C12H11F6N2/c1-7-19(2)9-4-3-8(12(16,17)18)5-10(9)20(7)6-11(13,14)15/h3-5H,6H2,1-2H3/q+1. The van der Waals surface area contributed by atoms with Gasteiger partial charge in [0.1, 0.15) is 0 Å². The second-order valence-corrected chi connectivity index (χ2v) is 4.51.